The van der Waals surface area contributed by atoms with E-state index in [0.717, 1.165) is 33.5 Å². The summed E-state index contributed by atoms with van der Waals surface area (Å²) in [5.74, 6) is 0.842. The van der Waals surface area contributed by atoms with Crippen molar-refractivity contribution in [1.29, 1.82) is 0 Å². The fraction of sp³-hybridized carbons (Fsp3) is 0.133. The van der Waals surface area contributed by atoms with Gasteiger partial charge in [0, 0.05) is 30.3 Å². The Morgan fingerprint density at radius 1 is 0.889 bits per heavy atom. The summed E-state index contributed by atoms with van der Waals surface area (Å²) in [6.45, 7) is 0.673. The van der Waals surface area contributed by atoms with Crippen molar-refractivity contribution in [3.63, 3.8) is 0 Å². The van der Waals surface area contributed by atoms with Gasteiger partial charge in [-0.1, -0.05) is 48.5 Å². The summed E-state index contributed by atoms with van der Waals surface area (Å²) in [7, 11) is 1.68. The fourth-order valence-electron chi connectivity index (χ4n) is 5.02. The van der Waals surface area contributed by atoms with Gasteiger partial charge in [0.15, 0.2) is 5.11 Å². The number of methoxy groups -OCH3 is 1. The quantitative estimate of drug-likeness (QED) is 0.287. The molecule has 3 aromatic carbocycles. The zero-order chi connectivity index (χ0) is 24.5. The predicted molar refractivity (Wildman–Crippen MR) is 147 cm³/mol. The molecule has 6 rings (SSSR count). The maximum atomic E-state index is 5.89. The Morgan fingerprint density at radius 2 is 1.69 bits per heavy atom. The van der Waals surface area contributed by atoms with E-state index in [1.165, 1.54) is 10.8 Å². The lowest BCUT2D eigenvalue weighted by atomic mass is 10.0. The molecule has 5 nitrogen and oxygen atoms in total. The van der Waals surface area contributed by atoms with E-state index in [0.29, 0.717) is 6.54 Å². The maximum Gasteiger partial charge on any atom is 0.170 e. The lowest BCUT2D eigenvalue weighted by Crippen LogP contribution is -2.30. The van der Waals surface area contributed by atoms with Gasteiger partial charge in [-0.3, -0.25) is 4.98 Å². The third-order valence-corrected chi connectivity index (χ3v) is 7.16. The first-order valence-electron chi connectivity index (χ1n) is 12.0. The molecule has 1 saturated heterocycles. The second-order valence-electron chi connectivity index (χ2n) is 8.94. The lowest BCUT2D eigenvalue weighted by molar-refractivity contribution is 0.302. The number of rotatable bonds is 6. The van der Waals surface area contributed by atoms with Crippen LogP contribution in [-0.2, 0) is 6.54 Å². The first kappa shape index (κ1) is 22.3. The molecule has 0 amide bonds. The van der Waals surface area contributed by atoms with Gasteiger partial charge in [0.1, 0.15) is 5.75 Å². The fourth-order valence-corrected chi connectivity index (χ4v) is 5.33. The summed E-state index contributed by atoms with van der Waals surface area (Å²) < 4.78 is 7.61. The molecule has 178 valence electrons. The number of aromatic nitrogens is 2. The monoisotopic (exact) mass is 490 g/mol. The molecular weight excluding hydrogens is 464 g/mol. The van der Waals surface area contributed by atoms with Crippen molar-refractivity contribution in [3.05, 3.63) is 126 Å². The topological polar surface area (TPSA) is 42.3 Å². The summed E-state index contributed by atoms with van der Waals surface area (Å²) in [4.78, 5) is 6.96. The molecule has 0 bridgehead atoms. The first-order valence-corrected chi connectivity index (χ1v) is 12.4. The molecule has 1 N–H and O–H groups in total. The summed E-state index contributed by atoms with van der Waals surface area (Å²) >= 11 is 5.89. The zero-order valence-electron chi connectivity index (χ0n) is 19.9. The molecule has 0 unspecified atom stereocenters. The van der Waals surface area contributed by atoms with Crippen LogP contribution in [0.15, 0.2) is 109 Å². The predicted octanol–water partition coefficient (Wildman–Crippen LogP) is 6.21. The van der Waals surface area contributed by atoms with Crippen molar-refractivity contribution in [2.24, 2.45) is 0 Å². The smallest absolute Gasteiger partial charge is 0.170 e. The number of hydrogen-bond acceptors (Lipinski definition) is 3. The standard InChI is InChI=1S/C30H26N4OS/c1-35-25-15-11-21(12-16-25)20-34-29(28(32-30(34)36)26-9-4-5-17-31-26)27-10-6-18-33(27)24-14-13-22-7-2-3-8-23(22)19-24/h2-19,28-29H,20H2,1H3,(H,32,36)/t28-,29+/m1/s1. The van der Waals surface area contributed by atoms with Crippen molar-refractivity contribution in [2.75, 3.05) is 7.11 Å². The molecule has 1 aliphatic heterocycles. The molecule has 0 saturated carbocycles. The van der Waals surface area contributed by atoms with E-state index < -0.39 is 0 Å². The van der Waals surface area contributed by atoms with Crippen LogP contribution in [0.25, 0.3) is 16.5 Å². The molecule has 6 heteroatoms. The Balaban J connectivity index is 1.43. The van der Waals surface area contributed by atoms with Gasteiger partial charge in [-0.25, -0.2) is 0 Å². The minimum absolute atomic E-state index is 0.0454. The Kier molecular flexibility index (Phi) is 5.87. The largest absolute Gasteiger partial charge is 0.497 e. The van der Waals surface area contributed by atoms with Crippen LogP contribution in [0.5, 0.6) is 5.75 Å². The SMILES string of the molecule is COc1ccc(CN2C(=S)N[C@H](c3ccccn3)[C@@H]2c2cccn2-c2ccc3ccccc3c2)cc1. The number of nitrogens with one attached hydrogen (secondary N) is 1. The highest BCUT2D eigenvalue weighted by Gasteiger charge is 2.41. The summed E-state index contributed by atoms with van der Waals surface area (Å²) in [6, 6.07) is 33.4. The number of thiocarbonyl (C=S) groups is 1. The molecule has 0 radical (unpaired) electrons. The van der Waals surface area contributed by atoms with E-state index >= 15 is 0 Å². The molecule has 5 aromatic rings. The van der Waals surface area contributed by atoms with Gasteiger partial charge in [0.25, 0.3) is 0 Å². The highest BCUT2D eigenvalue weighted by Crippen LogP contribution is 2.40. The van der Waals surface area contributed by atoms with E-state index in [1.54, 1.807) is 7.11 Å². The van der Waals surface area contributed by atoms with Crippen molar-refractivity contribution < 1.29 is 4.74 Å². The van der Waals surface area contributed by atoms with E-state index in [1.807, 2.05) is 30.5 Å². The minimum atomic E-state index is -0.0777. The Morgan fingerprint density at radius 3 is 2.47 bits per heavy atom. The van der Waals surface area contributed by atoms with Crippen molar-refractivity contribution in [2.45, 2.75) is 18.6 Å². The third kappa shape index (κ3) is 4.10. The van der Waals surface area contributed by atoms with E-state index in [-0.39, 0.29) is 12.1 Å². The normalized spacial score (nSPS) is 17.4. The number of fused-ring (bicyclic) bond motifs is 1. The van der Waals surface area contributed by atoms with E-state index in [2.05, 4.69) is 98.8 Å². The summed E-state index contributed by atoms with van der Waals surface area (Å²) in [5, 5.41) is 6.73. The van der Waals surface area contributed by atoms with Crippen LogP contribution in [0.4, 0.5) is 0 Å². The molecule has 1 fully saturated rings. The molecule has 0 spiro atoms. The average molecular weight is 491 g/mol. The van der Waals surface area contributed by atoms with Gasteiger partial charge in [-0.15, -0.1) is 0 Å². The van der Waals surface area contributed by atoms with Gasteiger partial charge >= 0.3 is 0 Å². The second-order valence-corrected chi connectivity index (χ2v) is 9.32. The summed E-state index contributed by atoms with van der Waals surface area (Å²) in [5.41, 5.74) is 4.40. The minimum Gasteiger partial charge on any atom is -0.497 e. The molecule has 2 atom stereocenters. The Hall–Kier alpha value is -4.16. The van der Waals surface area contributed by atoms with Gasteiger partial charge in [0.2, 0.25) is 0 Å². The number of hydrogen-bond donors (Lipinski definition) is 1. The molecule has 0 aliphatic carbocycles. The van der Waals surface area contributed by atoms with Gasteiger partial charge in [-0.05, 0) is 77.1 Å². The Labute approximate surface area is 216 Å². The average Bonchev–Trinajstić information content (AvgIpc) is 3.54. The van der Waals surface area contributed by atoms with Gasteiger partial charge < -0.3 is 19.5 Å². The van der Waals surface area contributed by atoms with Gasteiger partial charge in [-0.2, -0.15) is 0 Å². The van der Waals surface area contributed by atoms with E-state index in [9.17, 15) is 0 Å². The van der Waals surface area contributed by atoms with E-state index in [4.69, 9.17) is 17.0 Å². The number of nitrogens with zero attached hydrogens (tertiary/aromatic N) is 3. The molecular formula is C30H26N4OS. The summed E-state index contributed by atoms with van der Waals surface area (Å²) in [6.07, 6.45) is 3.97. The van der Waals surface area contributed by atoms with Crippen molar-refractivity contribution >= 4 is 28.1 Å². The number of benzene rings is 3. The zero-order valence-corrected chi connectivity index (χ0v) is 20.7. The van der Waals surface area contributed by atoms with Crippen LogP contribution in [0, 0.1) is 0 Å². The highest BCUT2D eigenvalue weighted by molar-refractivity contribution is 7.80. The van der Waals surface area contributed by atoms with Crippen molar-refractivity contribution in [3.8, 4) is 11.4 Å². The lowest BCUT2D eigenvalue weighted by Gasteiger charge is -2.29. The van der Waals surface area contributed by atoms with Crippen LogP contribution in [0.1, 0.15) is 29.0 Å². The molecule has 1 aliphatic rings. The van der Waals surface area contributed by atoms with Gasteiger partial charge in [0.05, 0.1) is 24.9 Å². The van der Waals surface area contributed by atoms with Crippen molar-refractivity contribution in [1.82, 2.24) is 19.8 Å². The van der Waals surface area contributed by atoms with Crippen LogP contribution >= 0.6 is 12.2 Å². The second kappa shape index (κ2) is 9.47. The first-order chi connectivity index (χ1) is 17.7. The highest BCUT2D eigenvalue weighted by atomic mass is 32.1. The third-order valence-electron chi connectivity index (χ3n) is 6.80. The van der Waals surface area contributed by atoms with Crippen LogP contribution in [-0.4, -0.2) is 26.7 Å². The van der Waals surface area contributed by atoms with Crippen LogP contribution in [0.2, 0.25) is 0 Å². The maximum absolute atomic E-state index is 5.89. The molecule has 2 aromatic heterocycles. The molecule has 3 heterocycles. The Bertz CT molecular complexity index is 1510. The van der Waals surface area contributed by atoms with Crippen LogP contribution < -0.4 is 10.1 Å². The molecule has 36 heavy (non-hydrogen) atoms. The number of ether oxygens (including phenoxy) is 1. The number of pyridine rings is 1. The van der Waals surface area contributed by atoms with Crippen LogP contribution in [0.3, 0.4) is 0 Å².